The van der Waals surface area contributed by atoms with Gasteiger partial charge in [-0.1, -0.05) is 24.3 Å². The molecule has 13 heterocycles. The fourth-order valence-electron chi connectivity index (χ4n) is 12.4. The van der Waals surface area contributed by atoms with E-state index in [0.717, 1.165) is 169 Å². The summed E-state index contributed by atoms with van der Waals surface area (Å²) in [7, 11) is 1.60. The molecule has 6 saturated heterocycles. The van der Waals surface area contributed by atoms with Gasteiger partial charge in [-0.3, -0.25) is 48.4 Å². The van der Waals surface area contributed by atoms with Crippen LogP contribution in [-0.2, 0) is 41.6 Å². The molecule has 0 bridgehead atoms. The molecule has 4 amide bonds. The molecule has 6 aliphatic rings. The first-order chi connectivity index (χ1) is 49.7. The second-order valence-electron chi connectivity index (χ2n) is 25.7. The Bertz CT molecular complexity index is 3870. The molecule has 24 heteroatoms. The highest BCUT2D eigenvalue weighted by molar-refractivity contribution is 9.10. The molecule has 23 nitrogen and oxygen atoms in total. The second-order valence-corrected chi connectivity index (χ2v) is 26.5. The number of carbonyl (C=O) groups is 7. The second kappa shape index (κ2) is 42.0. The summed E-state index contributed by atoms with van der Waals surface area (Å²) >= 11 is 3.11. The molecule has 102 heavy (non-hydrogen) atoms. The van der Waals surface area contributed by atoms with Crippen LogP contribution in [0, 0.1) is 0 Å². The van der Waals surface area contributed by atoms with Crippen LogP contribution >= 0.6 is 15.9 Å². The molecule has 0 radical (unpaired) electrons. The van der Waals surface area contributed by atoms with E-state index in [2.05, 4.69) is 74.2 Å². The van der Waals surface area contributed by atoms with Gasteiger partial charge in [0.2, 0.25) is 35.4 Å². The SMILES string of the molecule is CC(C)Oc1cccc(C2CCN(CCc3cccnc3N3CCCCC3=O)C2)n1.CC(C)Oc1cccc(C2CCNC2)n1.CO/C=C/c1cccnc1N1CCCCC1=O.O=CCc1cccnc1N1CCCCC1=O.O=Cc1cccnc1Br.O=Cc1cccnc1N1CCCCC1=O. The molecule has 6 fully saturated rings. The van der Waals surface area contributed by atoms with Crippen molar-refractivity contribution >= 4 is 87.8 Å². The van der Waals surface area contributed by atoms with Crippen LogP contribution in [0.1, 0.15) is 178 Å². The summed E-state index contributed by atoms with van der Waals surface area (Å²) in [5.41, 5.74) is 6.24. The number of anilines is 4. The van der Waals surface area contributed by atoms with Crippen LogP contribution < -0.4 is 34.4 Å². The number of rotatable bonds is 19. The number of nitrogens with one attached hydrogen (secondary N) is 1. The largest absolute Gasteiger partial charge is 0.504 e. The number of amides is 4. The van der Waals surface area contributed by atoms with Crippen LogP contribution in [0.2, 0.25) is 0 Å². The number of likely N-dealkylation sites (tertiary alicyclic amines) is 1. The number of carbonyl (C=O) groups excluding carboxylic acids is 7. The molecule has 2 unspecified atom stereocenters. The topological polar surface area (TPSA) is 266 Å². The van der Waals surface area contributed by atoms with Crippen molar-refractivity contribution in [1.82, 2.24) is 45.1 Å². The first-order valence-electron chi connectivity index (χ1n) is 35.5. The number of methoxy groups -OCH3 is 1. The van der Waals surface area contributed by atoms with Gasteiger partial charge in [0, 0.05) is 161 Å². The van der Waals surface area contributed by atoms with E-state index in [9.17, 15) is 33.6 Å². The Labute approximate surface area is 607 Å². The monoisotopic (exact) mass is 1450 g/mol. The minimum Gasteiger partial charge on any atom is -0.504 e. The number of halogens is 1. The van der Waals surface area contributed by atoms with E-state index in [1.54, 1.807) is 89.4 Å². The molecule has 7 aromatic heterocycles. The normalized spacial score (nSPS) is 17.5. The Morgan fingerprint density at radius 2 is 0.961 bits per heavy atom. The Morgan fingerprint density at radius 3 is 1.42 bits per heavy atom. The van der Waals surface area contributed by atoms with E-state index in [4.69, 9.17) is 19.2 Å². The molecule has 540 valence electrons. The summed E-state index contributed by atoms with van der Waals surface area (Å²) in [6, 6.07) is 30.4. The van der Waals surface area contributed by atoms with Crippen molar-refractivity contribution in [3.05, 3.63) is 178 Å². The molecule has 1 N–H and O–H groups in total. The molecular formula is C78H96BrN13O10. The zero-order valence-electron chi connectivity index (χ0n) is 59.3. The van der Waals surface area contributed by atoms with E-state index in [-0.39, 0.29) is 35.8 Å². The lowest BCUT2D eigenvalue weighted by Crippen LogP contribution is -2.36. The van der Waals surface area contributed by atoms with Crippen molar-refractivity contribution in [3.8, 4) is 11.8 Å². The molecule has 0 aliphatic carbocycles. The van der Waals surface area contributed by atoms with Gasteiger partial charge < -0.3 is 29.2 Å². The predicted molar refractivity (Wildman–Crippen MR) is 398 cm³/mol. The number of nitrogens with zero attached hydrogens (tertiary/aromatic N) is 12. The zero-order valence-corrected chi connectivity index (χ0v) is 60.9. The average molecular weight is 1460 g/mol. The minimum atomic E-state index is 0.0584. The molecule has 6 aliphatic heterocycles. The molecule has 13 rings (SSSR count). The van der Waals surface area contributed by atoms with Crippen molar-refractivity contribution in [2.75, 3.05) is 85.6 Å². The third kappa shape index (κ3) is 24.1. The highest BCUT2D eigenvalue weighted by Gasteiger charge is 2.29. The van der Waals surface area contributed by atoms with Gasteiger partial charge in [0.25, 0.3) is 0 Å². The standard InChI is InChI=1S/C24H32N4O2.C13H16N2O2.C12H14N2O2.C12H18N2O.C11H12N2O2.C6H4BrNO/c1-18(2)30-22-9-5-8-21(26-22)20-12-16-27(17-20)15-11-19-7-6-13-25-24(19)28-14-4-3-10-23(28)29;1-17-10-7-11-5-4-8-14-13(11)15-9-3-2-6-12(15)16;15-9-6-10-4-3-7-13-12(10)14-8-2-1-5-11(14)16;1-9(2)15-12-5-3-4-11(14-12)10-6-7-13-8-10;14-8-9-4-3-6-12-11(9)13-7-2-1-5-10(13)15;7-6-5(4-9)2-1-3-8-6/h5-9,13,18,20H,3-4,10-12,14-17H2,1-2H3;4-5,7-8,10H,2-3,6,9H2,1H3;3-4,7,9H,1-2,5-6,8H2;3-5,9-10,13H,6-8H2,1-2H3;3-4,6,8H,1-2,5,7H2;1-4H/b;10-7+;;;;. The van der Waals surface area contributed by atoms with Crippen molar-refractivity contribution < 1.29 is 47.8 Å². The van der Waals surface area contributed by atoms with Gasteiger partial charge in [0.1, 0.15) is 34.2 Å². The van der Waals surface area contributed by atoms with Gasteiger partial charge in [-0.05, 0) is 200 Å². The third-order valence-corrected chi connectivity index (χ3v) is 18.1. The van der Waals surface area contributed by atoms with E-state index in [0.29, 0.717) is 90.3 Å². The van der Waals surface area contributed by atoms with E-state index in [1.807, 2.05) is 87.2 Å². The van der Waals surface area contributed by atoms with Crippen LogP contribution in [-0.4, -0.2) is 160 Å². The highest BCUT2D eigenvalue weighted by atomic mass is 79.9. The minimum absolute atomic E-state index is 0.0584. The zero-order chi connectivity index (χ0) is 72.4. The van der Waals surface area contributed by atoms with Gasteiger partial charge in [-0.2, -0.15) is 0 Å². The number of pyridine rings is 7. The van der Waals surface area contributed by atoms with Gasteiger partial charge in [-0.15, -0.1) is 0 Å². The molecule has 0 saturated carbocycles. The maximum atomic E-state index is 12.4. The Balaban J connectivity index is 0.000000161. The maximum Gasteiger partial charge on any atom is 0.228 e. The summed E-state index contributed by atoms with van der Waals surface area (Å²) in [5, 5.41) is 3.35. The smallest absolute Gasteiger partial charge is 0.228 e. The fraction of sp³-hybridized carbons (Fsp3) is 0.436. The average Bonchev–Trinajstić information content (AvgIpc) is 1.06. The maximum absolute atomic E-state index is 12.4. The molecular weight excluding hydrogens is 1360 g/mol. The Morgan fingerprint density at radius 1 is 0.510 bits per heavy atom. The van der Waals surface area contributed by atoms with Gasteiger partial charge >= 0.3 is 0 Å². The van der Waals surface area contributed by atoms with Crippen LogP contribution in [0.4, 0.5) is 23.3 Å². The van der Waals surface area contributed by atoms with E-state index >= 15 is 0 Å². The van der Waals surface area contributed by atoms with Crippen LogP contribution in [0.25, 0.3) is 6.08 Å². The van der Waals surface area contributed by atoms with Crippen molar-refractivity contribution in [2.45, 2.75) is 154 Å². The van der Waals surface area contributed by atoms with Gasteiger partial charge in [0.05, 0.1) is 31.1 Å². The predicted octanol–water partition coefficient (Wildman–Crippen LogP) is 12.4. The lowest BCUT2D eigenvalue weighted by atomic mass is 10.0. The summed E-state index contributed by atoms with van der Waals surface area (Å²) in [6.07, 6.45) is 28.3. The van der Waals surface area contributed by atoms with Gasteiger partial charge in [-0.25, -0.2) is 34.9 Å². The van der Waals surface area contributed by atoms with Crippen LogP contribution in [0.15, 0.2) is 139 Å². The summed E-state index contributed by atoms with van der Waals surface area (Å²) in [5.74, 6) is 5.72. The van der Waals surface area contributed by atoms with Crippen LogP contribution in [0.3, 0.4) is 0 Å². The van der Waals surface area contributed by atoms with E-state index in [1.165, 1.54) is 12.0 Å². The van der Waals surface area contributed by atoms with Gasteiger partial charge in [0.15, 0.2) is 12.6 Å². The lowest BCUT2D eigenvalue weighted by molar-refractivity contribution is -0.120. The number of hydrogen-bond acceptors (Lipinski definition) is 19. The molecule has 2 atom stereocenters. The summed E-state index contributed by atoms with van der Waals surface area (Å²) in [4.78, 5) is 119. The number of aromatic nitrogens is 7. The number of ether oxygens (including phenoxy) is 3. The fourth-order valence-corrected chi connectivity index (χ4v) is 12.8. The van der Waals surface area contributed by atoms with E-state index < -0.39 is 0 Å². The van der Waals surface area contributed by atoms with Crippen LogP contribution in [0.5, 0.6) is 11.8 Å². The van der Waals surface area contributed by atoms with Crippen molar-refractivity contribution in [3.63, 3.8) is 0 Å². The first-order valence-corrected chi connectivity index (χ1v) is 36.3. The summed E-state index contributed by atoms with van der Waals surface area (Å²) in [6.45, 7) is 16.2. The Hall–Kier alpha value is -9.52. The molecule has 0 aromatic carbocycles. The molecule has 0 spiro atoms. The quantitative estimate of drug-likeness (QED) is 0.0448. The third-order valence-electron chi connectivity index (χ3n) is 17.5. The first kappa shape index (κ1) is 78.2. The number of piperidine rings is 4. The number of aldehydes is 3. The molecule has 7 aromatic rings. The van der Waals surface area contributed by atoms with Crippen molar-refractivity contribution in [2.24, 2.45) is 0 Å². The van der Waals surface area contributed by atoms with Crippen molar-refractivity contribution in [1.29, 1.82) is 0 Å². The summed E-state index contributed by atoms with van der Waals surface area (Å²) < 4.78 is 16.8. The lowest BCUT2D eigenvalue weighted by Gasteiger charge is -2.28. The number of hydrogen-bond donors (Lipinski definition) is 1. The highest BCUT2D eigenvalue weighted by Crippen LogP contribution is 2.31. The Kier molecular flexibility index (Phi) is 32.2.